The summed E-state index contributed by atoms with van der Waals surface area (Å²) in [5.74, 6) is -7.39. The molecule has 0 radical (unpaired) electrons. The Morgan fingerprint density at radius 3 is 2.48 bits per heavy atom. The zero-order valence-electron chi connectivity index (χ0n) is 10.5. The molecular formula is C12H10F5N3O. The van der Waals surface area contributed by atoms with E-state index in [1.54, 1.807) is 29.6 Å². The molecule has 21 heavy (non-hydrogen) atoms. The molecule has 0 fully saturated rings. The van der Waals surface area contributed by atoms with Gasteiger partial charge in [0, 0.05) is 13.0 Å². The molecule has 4 nitrogen and oxygen atoms in total. The number of aromatic nitrogens is 2. The highest BCUT2D eigenvalue weighted by Gasteiger charge is 2.63. The summed E-state index contributed by atoms with van der Waals surface area (Å²) in [5.41, 5.74) is 1.35. The molecule has 0 saturated carbocycles. The Balaban J connectivity index is 1.94. The SMILES string of the molecule is O=C(NCCc1nc2ccccc2[nH]1)C(F)(F)C(F)(F)F. The zero-order chi connectivity index (χ0) is 15.7. The fourth-order valence-electron chi connectivity index (χ4n) is 1.66. The monoisotopic (exact) mass is 307 g/mol. The molecule has 9 heteroatoms. The number of imidazole rings is 1. The number of amides is 1. The molecule has 0 atom stereocenters. The number of carbonyl (C=O) groups is 1. The van der Waals surface area contributed by atoms with Crippen LogP contribution in [-0.4, -0.2) is 34.5 Å². The van der Waals surface area contributed by atoms with Crippen LogP contribution in [0.15, 0.2) is 24.3 Å². The molecule has 1 amide bonds. The molecule has 2 N–H and O–H groups in total. The summed E-state index contributed by atoms with van der Waals surface area (Å²) in [6.45, 7) is -0.385. The molecule has 0 aliphatic heterocycles. The number of halogens is 5. The van der Waals surface area contributed by atoms with Gasteiger partial charge >= 0.3 is 12.1 Å². The van der Waals surface area contributed by atoms with E-state index < -0.39 is 18.0 Å². The summed E-state index contributed by atoms with van der Waals surface area (Å²) < 4.78 is 61.1. The van der Waals surface area contributed by atoms with Crippen LogP contribution in [0.5, 0.6) is 0 Å². The quantitative estimate of drug-likeness (QED) is 0.852. The van der Waals surface area contributed by atoms with Gasteiger partial charge in [-0.3, -0.25) is 4.79 Å². The van der Waals surface area contributed by atoms with Gasteiger partial charge in [0.2, 0.25) is 0 Å². The van der Waals surface area contributed by atoms with E-state index >= 15 is 0 Å². The van der Waals surface area contributed by atoms with Crippen LogP contribution in [0.4, 0.5) is 22.0 Å². The Labute approximate surface area is 115 Å². The number of fused-ring (bicyclic) bond motifs is 1. The highest BCUT2D eigenvalue weighted by atomic mass is 19.4. The van der Waals surface area contributed by atoms with E-state index in [2.05, 4.69) is 9.97 Å². The van der Waals surface area contributed by atoms with Crippen molar-refractivity contribution in [1.82, 2.24) is 15.3 Å². The van der Waals surface area contributed by atoms with Gasteiger partial charge < -0.3 is 10.3 Å². The topological polar surface area (TPSA) is 57.8 Å². The van der Waals surface area contributed by atoms with Gasteiger partial charge in [0.15, 0.2) is 0 Å². The third kappa shape index (κ3) is 3.11. The predicted octanol–water partition coefficient (Wildman–Crippen LogP) is 2.42. The first kappa shape index (κ1) is 15.2. The number of alkyl halides is 5. The summed E-state index contributed by atoms with van der Waals surface area (Å²) in [7, 11) is 0. The average molecular weight is 307 g/mol. The van der Waals surface area contributed by atoms with Crippen molar-refractivity contribution in [1.29, 1.82) is 0 Å². The molecule has 0 aliphatic rings. The van der Waals surface area contributed by atoms with Crippen molar-refractivity contribution in [3.05, 3.63) is 30.1 Å². The number of para-hydroxylation sites is 2. The van der Waals surface area contributed by atoms with Gasteiger partial charge in [-0.25, -0.2) is 4.98 Å². The number of aromatic amines is 1. The third-order valence-corrected chi connectivity index (χ3v) is 2.73. The van der Waals surface area contributed by atoms with E-state index in [1.807, 2.05) is 0 Å². The van der Waals surface area contributed by atoms with Crippen LogP contribution in [0.1, 0.15) is 5.82 Å². The lowest BCUT2D eigenvalue weighted by Gasteiger charge is -2.18. The summed E-state index contributed by atoms with van der Waals surface area (Å²) in [6.07, 6.45) is -5.90. The molecule has 2 rings (SSSR count). The van der Waals surface area contributed by atoms with Crippen LogP contribution >= 0.6 is 0 Å². The molecule has 1 aromatic carbocycles. The Bertz CT molecular complexity index is 617. The molecule has 114 valence electrons. The number of nitrogens with one attached hydrogen (secondary N) is 2. The largest absolute Gasteiger partial charge is 0.463 e. The van der Waals surface area contributed by atoms with E-state index in [0.29, 0.717) is 16.9 Å². The smallest absolute Gasteiger partial charge is 0.350 e. The van der Waals surface area contributed by atoms with E-state index in [0.717, 1.165) is 0 Å². The van der Waals surface area contributed by atoms with Crippen LogP contribution in [0.3, 0.4) is 0 Å². The van der Waals surface area contributed by atoms with Gasteiger partial charge in [0.25, 0.3) is 5.91 Å². The molecule has 1 aromatic heterocycles. The van der Waals surface area contributed by atoms with Gasteiger partial charge in [0.1, 0.15) is 5.82 Å². The van der Waals surface area contributed by atoms with E-state index in [9.17, 15) is 26.7 Å². The number of benzene rings is 1. The third-order valence-electron chi connectivity index (χ3n) is 2.73. The van der Waals surface area contributed by atoms with Gasteiger partial charge in [-0.2, -0.15) is 22.0 Å². The van der Waals surface area contributed by atoms with Crippen molar-refractivity contribution in [2.75, 3.05) is 6.54 Å². The number of nitrogens with zero attached hydrogens (tertiary/aromatic N) is 1. The normalized spacial score (nSPS) is 12.6. The maximum absolute atomic E-state index is 12.7. The van der Waals surface area contributed by atoms with E-state index in [4.69, 9.17) is 0 Å². The Morgan fingerprint density at radius 1 is 1.19 bits per heavy atom. The van der Waals surface area contributed by atoms with Gasteiger partial charge in [0.05, 0.1) is 11.0 Å². The lowest BCUT2D eigenvalue weighted by Crippen LogP contribution is -2.50. The second kappa shape index (κ2) is 5.30. The van der Waals surface area contributed by atoms with Crippen molar-refractivity contribution in [2.45, 2.75) is 18.5 Å². The Kier molecular flexibility index (Phi) is 3.84. The van der Waals surface area contributed by atoms with Gasteiger partial charge in [-0.05, 0) is 12.1 Å². The van der Waals surface area contributed by atoms with Crippen LogP contribution < -0.4 is 5.32 Å². The van der Waals surface area contributed by atoms with Crippen molar-refractivity contribution >= 4 is 16.9 Å². The summed E-state index contributed by atoms with van der Waals surface area (Å²) in [6, 6.07) is 6.96. The van der Waals surface area contributed by atoms with Crippen molar-refractivity contribution < 1.29 is 26.7 Å². The lowest BCUT2D eigenvalue weighted by molar-refractivity contribution is -0.269. The summed E-state index contributed by atoms with van der Waals surface area (Å²) in [4.78, 5) is 17.8. The van der Waals surface area contributed by atoms with Crippen LogP contribution in [0, 0.1) is 0 Å². The molecule has 2 aromatic rings. The van der Waals surface area contributed by atoms with E-state index in [-0.39, 0.29) is 13.0 Å². The average Bonchev–Trinajstić information content (AvgIpc) is 2.79. The minimum atomic E-state index is -5.91. The standard InChI is InChI=1S/C12H10F5N3O/c13-11(14,12(15,16)17)10(21)18-6-5-9-19-7-3-1-2-4-8(7)20-9/h1-4H,5-6H2,(H,18,21)(H,19,20). The minimum Gasteiger partial charge on any atom is -0.350 e. The molecule has 0 aliphatic carbocycles. The Hall–Kier alpha value is -2.19. The van der Waals surface area contributed by atoms with E-state index in [1.165, 1.54) is 0 Å². The molecular weight excluding hydrogens is 297 g/mol. The minimum absolute atomic E-state index is 0.00829. The second-order valence-electron chi connectivity index (χ2n) is 4.28. The fraction of sp³-hybridized carbons (Fsp3) is 0.333. The summed E-state index contributed by atoms with van der Waals surface area (Å²) in [5, 5.41) is 1.55. The van der Waals surface area contributed by atoms with Crippen molar-refractivity contribution in [3.63, 3.8) is 0 Å². The molecule has 0 unspecified atom stereocenters. The number of hydrogen-bond donors (Lipinski definition) is 2. The second-order valence-corrected chi connectivity index (χ2v) is 4.28. The number of hydrogen-bond acceptors (Lipinski definition) is 2. The first-order valence-electron chi connectivity index (χ1n) is 5.88. The highest BCUT2D eigenvalue weighted by Crippen LogP contribution is 2.35. The number of H-pyrrole nitrogens is 1. The maximum Gasteiger partial charge on any atom is 0.463 e. The molecule has 0 saturated heterocycles. The highest BCUT2D eigenvalue weighted by molar-refractivity contribution is 5.84. The fourth-order valence-corrected chi connectivity index (χ4v) is 1.66. The lowest BCUT2D eigenvalue weighted by atomic mass is 10.3. The molecule has 1 heterocycles. The molecule has 0 spiro atoms. The number of carbonyl (C=O) groups excluding carboxylic acids is 1. The first-order valence-corrected chi connectivity index (χ1v) is 5.88. The van der Waals surface area contributed by atoms with Crippen LogP contribution in [0.25, 0.3) is 11.0 Å². The predicted molar refractivity (Wildman–Crippen MR) is 63.8 cm³/mol. The zero-order valence-corrected chi connectivity index (χ0v) is 10.5. The molecule has 0 bridgehead atoms. The maximum atomic E-state index is 12.7. The number of rotatable bonds is 4. The van der Waals surface area contributed by atoms with Crippen LogP contribution in [0.2, 0.25) is 0 Å². The van der Waals surface area contributed by atoms with Crippen molar-refractivity contribution in [2.24, 2.45) is 0 Å². The first-order chi connectivity index (χ1) is 9.72. The van der Waals surface area contributed by atoms with Crippen LogP contribution in [-0.2, 0) is 11.2 Å². The Morgan fingerprint density at radius 2 is 1.86 bits per heavy atom. The van der Waals surface area contributed by atoms with Gasteiger partial charge in [-0.15, -0.1) is 0 Å². The van der Waals surface area contributed by atoms with Crippen molar-refractivity contribution in [3.8, 4) is 0 Å². The van der Waals surface area contributed by atoms with Gasteiger partial charge in [-0.1, -0.05) is 12.1 Å². The summed E-state index contributed by atoms with van der Waals surface area (Å²) >= 11 is 0.